The predicted octanol–water partition coefficient (Wildman–Crippen LogP) is 5.95. The van der Waals surface area contributed by atoms with E-state index in [1.54, 1.807) is 11.3 Å². The van der Waals surface area contributed by atoms with E-state index in [1.165, 1.54) is 10.4 Å². The molecule has 0 bridgehead atoms. The molecule has 0 radical (unpaired) electrons. The van der Waals surface area contributed by atoms with Gasteiger partial charge in [-0.25, -0.2) is 4.98 Å². The highest BCUT2D eigenvalue weighted by Gasteiger charge is 2.33. The summed E-state index contributed by atoms with van der Waals surface area (Å²) >= 11 is 1.57. The molecule has 2 aromatic carbocycles. The van der Waals surface area contributed by atoms with Crippen molar-refractivity contribution < 1.29 is 4.79 Å². The summed E-state index contributed by atoms with van der Waals surface area (Å²) in [5, 5.41) is 0. The van der Waals surface area contributed by atoms with E-state index in [-0.39, 0.29) is 17.9 Å². The zero-order valence-electron chi connectivity index (χ0n) is 20.5. The van der Waals surface area contributed by atoms with Gasteiger partial charge in [-0.05, 0) is 62.1 Å². The smallest absolute Gasteiger partial charge is 0.264 e. The third-order valence-electron chi connectivity index (χ3n) is 6.34. The van der Waals surface area contributed by atoms with Gasteiger partial charge in [-0.1, -0.05) is 56.3 Å². The second-order valence-electron chi connectivity index (χ2n) is 9.21. The van der Waals surface area contributed by atoms with Crippen LogP contribution in [0.4, 0.5) is 0 Å². The number of nitrogens with zero attached hydrogens (tertiary/aromatic N) is 3. The van der Waals surface area contributed by atoms with Crippen LogP contribution in [0.2, 0.25) is 0 Å². The van der Waals surface area contributed by atoms with Crippen LogP contribution in [0.5, 0.6) is 0 Å². The Balaban J connectivity index is 1.84. The Labute approximate surface area is 206 Å². The molecule has 5 nitrogen and oxygen atoms in total. The molecule has 1 atom stereocenters. The topological polar surface area (TPSA) is 64.2 Å². The van der Waals surface area contributed by atoms with E-state index in [1.807, 2.05) is 29.2 Å². The summed E-state index contributed by atoms with van der Waals surface area (Å²) in [6.07, 6.45) is 0.747. The first-order valence-electron chi connectivity index (χ1n) is 12.0. The number of rotatable bonds is 9. The largest absolute Gasteiger partial charge is 0.330 e. The number of nitrogens with two attached hydrogens (primary N) is 1. The number of aryl methyl sites for hydroxylation is 2. The number of imidazole rings is 1. The lowest BCUT2D eigenvalue weighted by molar-refractivity contribution is 0.0610. The molecule has 0 aliphatic rings. The number of carbonyl (C=O) groups is 1. The maximum absolute atomic E-state index is 13.9. The Kier molecular flexibility index (Phi) is 7.49. The molecular formula is C28H34N4OS. The molecule has 0 aliphatic carbocycles. The number of amides is 1. The molecule has 1 amide bonds. The fourth-order valence-corrected chi connectivity index (χ4v) is 5.49. The normalized spacial score (nSPS) is 12.4. The van der Waals surface area contributed by atoms with Crippen molar-refractivity contribution >= 4 is 28.3 Å². The summed E-state index contributed by atoms with van der Waals surface area (Å²) in [4.78, 5) is 22.9. The summed E-state index contributed by atoms with van der Waals surface area (Å²) in [5.41, 5.74) is 10.3. The van der Waals surface area contributed by atoms with Crippen molar-refractivity contribution in [3.05, 3.63) is 87.4 Å². The van der Waals surface area contributed by atoms with Crippen LogP contribution in [0.1, 0.15) is 57.8 Å². The zero-order chi connectivity index (χ0) is 24.2. The molecule has 4 aromatic rings. The molecule has 2 N–H and O–H groups in total. The quantitative estimate of drug-likeness (QED) is 0.326. The first-order valence-corrected chi connectivity index (χ1v) is 12.8. The first-order chi connectivity index (χ1) is 16.4. The first kappa shape index (κ1) is 24.2. The van der Waals surface area contributed by atoms with Gasteiger partial charge in [0.25, 0.3) is 5.91 Å². The zero-order valence-corrected chi connectivity index (χ0v) is 21.3. The summed E-state index contributed by atoms with van der Waals surface area (Å²) in [7, 11) is 0. The Morgan fingerprint density at radius 2 is 1.79 bits per heavy atom. The second kappa shape index (κ2) is 10.5. The minimum atomic E-state index is -0.169. The SMILES string of the molecule is Cc1cc(C(=O)N(CCCN)C(c2nc3ccccc3n2Cc2ccccc2)C(C)C)sc1C. The van der Waals surface area contributed by atoms with Crippen molar-refractivity contribution in [1.82, 2.24) is 14.5 Å². The molecule has 34 heavy (non-hydrogen) atoms. The average molecular weight is 475 g/mol. The van der Waals surface area contributed by atoms with Gasteiger partial charge in [-0.3, -0.25) is 4.79 Å². The number of hydrogen-bond donors (Lipinski definition) is 1. The number of carbonyl (C=O) groups excluding carboxylic acids is 1. The van der Waals surface area contributed by atoms with Crippen LogP contribution in [-0.4, -0.2) is 33.4 Å². The number of aromatic nitrogens is 2. The van der Waals surface area contributed by atoms with Crippen molar-refractivity contribution in [3.8, 4) is 0 Å². The summed E-state index contributed by atoms with van der Waals surface area (Å²) < 4.78 is 2.28. The molecule has 0 saturated heterocycles. The van der Waals surface area contributed by atoms with Crippen LogP contribution >= 0.6 is 11.3 Å². The Morgan fingerprint density at radius 3 is 2.44 bits per heavy atom. The Hall–Kier alpha value is -2.96. The molecule has 0 saturated carbocycles. The van der Waals surface area contributed by atoms with Gasteiger partial charge in [-0.2, -0.15) is 0 Å². The van der Waals surface area contributed by atoms with Crippen molar-refractivity contribution in [3.63, 3.8) is 0 Å². The van der Waals surface area contributed by atoms with Crippen molar-refractivity contribution in [2.75, 3.05) is 13.1 Å². The van der Waals surface area contributed by atoms with E-state index < -0.39 is 0 Å². The lowest BCUT2D eigenvalue weighted by Crippen LogP contribution is -2.40. The van der Waals surface area contributed by atoms with Crippen LogP contribution in [-0.2, 0) is 6.54 Å². The lowest BCUT2D eigenvalue weighted by Gasteiger charge is -2.34. The number of thiophene rings is 1. The van der Waals surface area contributed by atoms with Gasteiger partial charge in [0, 0.05) is 18.0 Å². The maximum atomic E-state index is 13.9. The van der Waals surface area contributed by atoms with E-state index in [0.717, 1.165) is 33.7 Å². The van der Waals surface area contributed by atoms with Crippen molar-refractivity contribution in [2.45, 2.75) is 46.7 Å². The van der Waals surface area contributed by atoms with Crippen LogP contribution in [0.15, 0.2) is 60.7 Å². The average Bonchev–Trinajstić information content (AvgIpc) is 3.36. The molecule has 0 spiro atoms. The van der Waals surface area contributed by atoms with E-state index in [4.69, 9.17) is 10.7 Å². The van der Waals surface area contributed by atoms with E-state index in [0.29, 0.717) is 19.6 Å². The third-order valence-corrected chi connectivity index (χ3v) is 7.48. The molecule has 178 valence electrons. The van der Waals surface area contributed by atoms with Gasteiger partial charge in [0.15, 0.2) is 0 Å². The lowest BCUT2D eigenvalue weighted by atomic mass is 10.00. The van der Waals surface area contributed by atoms with E-state index in [2.05, 4.69) is 68.7 Å². The molecule has 0 aliphatic heterocycles. The van der Waals surface area contributed by atoms with Gasteiger partial charge < -0.3 is 15.2 Å². The Morgan fingerprint density at radius 1 is 1.09 bits per heavy atom. The highest BCUT2D eigenvalue weighted by molar-refractivity contribution is 7.14. The molecule has 6 heteroatoms. The highest BCUT2D eigenvalue weighted by atomic mass is 32.1. The Bertz CT molecular complexity index is 1240. The fourth-order valence-electron chi connectivity index (χ4n) is 4.50. The maximum Gasteiger partial charge on any atom is 0.264 e. The summed E-state index contributed by atoms with van der Waals surface area (Å²) in [6.45, 7) is 10.3. The third kappa shape index (κ3) is 4.93. The van der Waals surface area contributed by atoms with Crippen molar-refractivity contribution in [1.29, 1.82) is 0 Å². The number of para-hydroxylation sites is 2. The van der Waals surface area contributed by atoms with Crippen LogP contribution in [0.3, 0.4) is 0 Å². The standard InChI is InChI=1S/C28H34N4OS/c1-19(2)26(31(16-10-15-29)28(33)25-17-20(3)21(4)34-25)27-30-23-13-8-9-14-24(23)32(27)18-22-11-6-5-7-12-22/h5-9,11-14,17,19,26H,10,15-16,18,29H2,1-4H3. The van der Waals surface area contributed by atoms with Crippen molar-refractivity contribution in [2.24, 2.45) is 11.7 Å². The number of hydrogen-bond acceptors (Lipinski definition) is 4. The minimum absolute atomic E-state index is 0.0617. The van der Waals surface area contributed by atoms with E-state index >= 15 is 0 Å². The van der Waals surface area contributed by atoms with Gasteiger partial charge in [0.1, 0.15) is 5.82 Å². The second-order valence-corrected chi connectivity index (χ2v) is 10.5. The molecule has 2 aromatic heterocycles. The highest BCUT2D eigenvalue weighted by Crippen LogP contribution is 2.34. The minimum Gasteiger partial charge on any atom is -0.330 e. The molecule has 2 heterocycles. The number of benzene rings is 2. The monoisotopic (exact) mass is 474 g/mol. The van der Waals surface area contributed by atoms with Crippen LogP contribution in [0.25, 0.3) is 11.0 Å². The van der Waals surface area contributed by atoms with Gasteiger partial charge >= 0.3 is 0 Å². The molecule has 0 fully saturated rings. The molecule has 1 unspecified atom stereocenters. The molecular weight excluding hydrogens is 440 g/mol. The van der Waals surface area contributed by atoms with Gasteiger partial charge in [0.2, 0.25) is 0 Å². The van der Waals surface area contributed by atoms with Gasteiger partial charge in [0.05, 0.1) is 22.0 Å². The number of fused-ring (bicyclic) bond motifs is 1. The summed E-state index contributed by atoms with van der Waals surface area (Å²) in [6, 6.07) is 20.5. The molecule has 4 rings (SSSR count). The predicted molar refractivity (Wildman–Crippen MR) is 141 cm³/mol. The fraction of sp³-hybridized carbons (Fsp3) is 0.357. The van der Waals surface area contributed by atoms with Crippen LogP contribution < -0.4 is 5.73 Å². The van der Waals surface area contributed by atoms with Crippen LogP contribution in [0, 0.1) is 19.8 Å². The van der Waals surface area contributed by atoms with E-state index in [9.17, 15) is 4.79 Å². The summed E-state index contributed by atoms with van der Waals surface area (Å²) in [5.74, 6) is 1.16. The van der Waals surface area contributed by atoms with Gasteiger partial charge in [-0.15, -0.1) is 11.3 Å².